The molecule has 0 aliphatic rings. The highest BCUT2D eigenvalue weighted by molar-refractivity contribution is 6.08. The number of benzene rings is 3. The third kappa shape index (κ3) is 3.75. The molecule has 24 heavy (non-hydrogen) atoms. The fraction of sp³-hybridized carbons (Fsp3) is 0.136. The van der Waals surface area contributed by atoms with Crippen LogP contribution in [0.15, 0.2) is 66.7 Å². The van der Waals surface area contributed by atoms with Gasteiger partial charge in [-0.25, -0.2) is 0 Å². The van der Waals surface area contributed by atoms with Crippen molar-refractivity contribution in [2.24, 2.45) is 0 Å². The number of ketones is 1. The molecule has 0 spiro atoms. The summed E-state index contributed by atoms with van der Waals surface area (Å²) < 4.78 is 2.74. The van der Waals surface area contributed by atoms with Crippen LogP contribution in [0.4, 0.5) is 0 Å². The normalized spacial score (nSPS) is 10.6. The first-order valence-corrected chi connectivity index (χ1v) is 10.1. The molecule has 0 aliphatic carbocycles. The number of carbonyl (C=O) groups is 1. The van der Waals surface area contributed by atoms with Gasteiger partial charge in [-0.1, -0.05) is 60.2 Å². The van der Waals surface area contributed by atoms with E-state index in [0.717, 1.165) is 11.1 Å². The van der Waals surface area contributed by atoms with Crippen LogP contribution in [0.5, 0.6) is 0 Å². The number of carbonyl (C=O) groups excluding carboxylic acids is 1. The highest BCUT2D eigenvalue weighted by Gasteiger charge is 2.22. The molecule has 0 radical (unpaired) electrons. The summed E-state index contributed by atoms with van der Waals surface area (Å²) in [5, 5.41) is 0. The Morgan fingerprint density at radius 1 is 0.750 bits per heavy atom. The van der Waals surface area contributed by atoms with Crippen LogP contribution < -0.4 is 21.2 Å². The summed E-state index contributed by atoms with van der Waals surface area (Å²) in [5.41, 5.74) is 5.56. The summed E-state index contributed by atoms with van der Waals surface area (Å²) in [5.74, 6) is 0.0961. The molecule has 3 rings (SSSR count). The maximum absolute atomic E-state index is 12.6. The molecule has 0 amide bonds. The largest absolute Gasteiger partial charge is 0.358 e. The number of halogens is 1. The van der Waals surface area contributed by atoms with Gasteiger partial charge in [-0.05, 0) is 26.8 Å². The number of hydrogen-bond donors (Lipinski definition) is 0. The van der Waals surface area contributed by atoms with Crippen molar-refractivity contribution in [2.75, 3.05) is 0 Å². The first-order chi connectivity index (χ1) is 11.5. The van der Waals surface area contributed by atoms with Gasteiger partial charge >= 0.3 is 21.2 Å². The maximum atomic E-state index is 12.6. The van der Waals surface area contributed by atoms with Crippen LogP contribution in [-0.2, 0) is 0 Å². The molecule has 0 bridgehead atoms. The predicted molar refractivity (Wildman–Crippen MR) is 94.4 cm³/mol. The second-order valence-corrected chi connectivity index (χ2v) is 8.88. The third-order valence-electron chi connectivity index (χ3n) is 3.91. The Kier molecular flexibility index (Phi) is 5.14. The predicted octanol–water partition coefficient (Wildman–Crippen LogP) is 1.97. The fourth-order valence-corrected chi connectivity index (χ4v) is 5.53. The van der Waals surface area contributed by atoms with E-state index in [1.807, 2.05) is 42.5 Å². The van der Waals surface area contributed by atoms with E-state index in [4.69, 9.17) is 0 Å². The van der Waals surface area contributed by atoms with Gasteiger partial charge in [0, 0.05) is 28.3 Å². The molecule has 3 aromatic carbocycles. The van der Waals surface area contributed by atoms with Crippen LogP contribution >= 0.6 is 0 Å². The van der Waals surface area contributed by atoms with E-state index in [1.54, 1.807) is 0 Å². The van der Waals surface area contributed by atoms with Gasteiger partial charge in [-0.2, -0.15) is 0 Å². The molecule has 3 aromatic rings. The fourth-order valence-electron chi connectivity index (χ4n) is 2.87. The molecule has 0 saturated heterocycles. The van der Waals surface area contributed by atoms with E-state index in [1.165, 1.54) is 23.8 Å². The molecular formula is C22H20IO+. The molecule has 1 nitrogen and oxygen atoms in total. The lowest BCUT2D eigenvalue weighted by Crippen LogP contribution is -3.62. The lowest BCUT2D eigenvalue weighted by Gasteiger charge is -2.02. The van der Waals surface area contributed by atoms with Gasteiger partial charge < -0.3 is 0 Å². The van der Waals surface area contributed by atoms with Crippen molar-refractivity contribution in [2.45, 2.75) is 20.8 Å². The summed E-state index contributed by atoms with van der Waals surface area (Å²) in [7, 11) is 0. The van der Waals surface area contributed by atoms with Crippen LogP contribution in [0.2, 0.25) is 0 Å². The molecule has 0 atom stereocenters. The average Bonchev–Trinajstić information content (AvgIpc) is 2.58. The van der Waals surface area contributed by atoms with Crippen molar-refractivity contribution in [1.29, 1.82) is 0 Å². The zero-order valence-corrected chi connectivity index (χ0v) is 16.3. The Labute approximate surface area is 154 Å². The highest BCUT2D eigenvalue weighted by atomic mass is 127. The molecule has 0 aliphatic heterocycles. The van der Waals surface area contributed by atoms with E-state index in [0.29, 0.717) is 0 Å². The van der Waals surface area contributed by atoms with Gasteiger partial charge in [-0.3, -0.25) is 4.79 Å². The summed E-state index contributed by atoms with van der Waals surface area (Å²) >= 11 is -0.292. The minimum Gasteiger partial charge on any atom is -0.289 e. The Bertz CT molecular complexity index is 858. The molecule has 0 heterocycles. The highest BCUT2D eigenvalue weighted by Crippen LogP contribution is 2.10. The second kappa shape index (κ2) is 7.31. The Morgan fingerprint density at radius 3 is 2.04 bits per heavy atom. The van der Waals surface area contributed by atoms with Gasteiger partial charge in [-0.15, -0.1) is 0 Å². The van der Waals surface area contributed by atoms with E-state index < -0.39 is 0 Å². The quantitative estimate of drug-likeness (QED) is 0.460. The summed E-state index contributed by atoms with van der Waals surface area (Å²) in [6, 6.07) is 22.1. The van der Waals surface area contributed by atoms with Crippen molar-refractivity contribution in [1.82, 2.24) is 0 Å². The molecule has 2 heteroatoms. The van der Waals surface area contributed by atoms with Gasteiger partial charge in [0.1, 0.15) is 0 Å². The van der Waals surface area contributed by atoms with Crippen molar-refractivity contribution in [3.8, 4) is 0 Å². The van der Waals surface area contributed by atoms with E-state index in [-0.39, 0.29) is 27.0 Å². The van der Waals surface area contributed by atoms with Crippen molar-refractivity contribution in [3.05, 3.63) is 102 Å². The topological polar surface area (TPSA) is 17.1 Å². The van der Waals surface area contributed by atoms with Crippen molar-refractivity contribution in [3.63, 3.8) is 0 Å². The van der Waals surface area contributed by atoms with E-state index in [2.05, 4.69) is 45.0 Å². The minimum atomic E-state index is -0.292. The summed E-state index contributed by atoms with van der Waals surface area (Å²) in [6.07, 6.45) is 0. The van der Waals surface area contributed by atoms with Crippen LogP contribution in [0, 0.1) is 27.9 Å². The lowest BCUT2D eigenvalue weighted by atomic mass is 10.0. The summed E-state index contributed by atoms with van der Waals surface area (Å²) in [4.78, 5) is 12.6. The molecule has 0 unspecified atom stereocenters. The van der Waals surface area contributed by atoms with Crippen molar-refractivity contribution >= 4 is 5.78 Å². The number of aryl methyl sites for hydroxylation is 3. The number of rotatable bonds is 4. The van der Waals surface area contributed by atoms with Crippen LogP contribution in [-0.4, -0.2) is 5.78 Å². The average molecular weight is 427 g/mol. The smallest absolute Gasteiger partial charge is 0.289 e. The molecule has 0 fully saturated rings. The molecular weight excluding hydrogens is 407 g/mol. The Hall–Kier alpha value is -1.94. The van der Waals surface area contributed by atoms with Crippen LogP contribution in [0.1, 0.15) is 32.6 Å². The minimum absolute atomic E-state index is 0.0961. The van der Waals surface area contributed by atoms with Crippen LogP contribution in [0.3, 0.4) is 0 Å². The van der Waals surface area contributed by atoms with Crippen molar-refractivity contribution < 1.29 is 26.0 Å². The van der Waals surface area contributed by atoms with E-state index >= 15 is 0 Å². The third-order valence-corrected chi connectivity index (χ3v) is 7.44. The lowest BCUT2D eigenvalue weighted by molar-refractivity contribution is -0.598. The maximum Gasteiger partial charge on any atom is 0.358 e. The SMILES string of the molecule is Cc1cc(C)c([I+]c2cccc(C(=O)c3ccccc3)c2)c(C)c1. The first kappa shape index (κ1) is 16.9. The molecule has 0 aromatic heterocycles. The summed E-state index contributed by atoms with van der Waals surface area (Å²) in [6.45, 7) is 6.52. The van der Waals surface area contributed by atoms with Gasteiger partial charge in [0.05, 0.1) is 0 Å². The Morgan fingerprint density at radius 2 is 1.38 bits per heavy atom. The zero-order valence-electron chi connectivity index (χ0n) is 14.1. The molecule has 120 valence electrons. The van der Waals surface area contributed by atoms with Gasteiger partial charge in [0.2, 0.25) is 0 Å². The van der Waals surface area contributed by atoms with E-state index in [9.17, 15) is 4.79 Å². The number of hydrogen-bond acceptors (Lipinski definition) is 1. The second-order valence-electron chi connectivity index (χ2n) is 6.01. The monoisotopic (exact) mass is 427 g/mol. The Balaban J connectivity index is 1.91. The van der Waals surface area contributed by atoms with Crippen LogP contribution in [0.25, 0.3) is 0 Å². The van der Waals surface area contributed by atoms with Gasteiger partial charge in [0.15, 0.2) is 12.9 Å². The first-order valence-electron chi connectivity index (χ1n) is 7.97. The zero-order chi connectivity index (χ0) is 17.1. The molecule has 0 N–H and O–H groups in total. The molecule has 0 saturated carbocycles. The standard InChI is InChI=1S/C22H20IO/c1-15-12-16(2)21(17(3)13-15)23-20-11-7-10-19(14-20)22(24)18-8-5-4-6-9-18/h4-14H,1-3H3/q+1. The van der Waals surface area contributed by atoms with Gasteiger partial charge in [0.25, 0.3) is 0 Å².